The first-order chi connectivity index (χ1) is 7.12. The second-order valence-corrected chi connectivity index (χ2v) is 5.45. The molecule has 0 aromatic rings. The molecule has 0 rings (SSSR count). The highest BCUT2D eigenvalue weighted by molar-refractivity contribution is 4.74. The van der Waals surface area contributed by atoms with Crippen molar-refractivity contribution in [1.82, 2.24) is 5.32 Å². The fourth-order valence-corrected chi connectivity index (χ4v) is 1.19. The van der Waals surface area contributed by atoms with Gasteiger partial charge in [0.05, 0.1) is 12.7 Å². The van der Waals surface area contributed by atoms with E-state index in [9.17, 15) is 8.78 Å². The van der Waals surface area contributed by atoms with Crippen molar-refractivity contribution >= 4 is 0 Å². The van der Waals surface area contributed by atoms with Crippen LogP contribution in [0.15, 0.2) is 0 Å². The number of hydrogen-bond acceptors (Lipinski definition) is 2. The molecule has 0 atom stereocenters. The van der Waals surface area contributed by atoms with E-state index in [0.717, 1.165) is 0 Å². The Morgan fingerprint density at radius 3 is 2.12 bits per heavy atom. The van der Waals surface area contributed by atoms with Crippen LogP contribution in [0.4, 0.5) is 8.78 Å². The third-order valence-electron chi connectivity index (χ3n) is 2.07. The molecule has 0 aromatic heterocycles. The molecule has 1 N–H and O–H groups in total. The third kappa shape index (κ3) is 10.3. The number of halogens is 2. The van der Waals surface area contributed by atoms with Gasteiger partial charge < -0.3 is 10.1 Å². The van der Waals surface area contributed by atoms with Crippen LogP contribution in [-0.4, -0.2) is 30.7 Å². The molecule has 0 radical (unpaired) electrons. The largest absolute Gasteiger partial charge is 0.379 e. The molecule has 4 heteroatoms. The highest BCUT2D eigenvalue weighted by Gasteiger charge is 2.28. The van der Waals surface area contributed by atoms with Gasteiger partial charge in [0.2, 0.25) is 0 Å². The molecule has 0 aromatic carbocycles. The van der Waals surface area contributed by atoms with Crippen molar-refractivity contribution in [1.29, 1.82) is 0 Å². The van der Waals surface area contributed by atoms with Crippen LogP contribution < -0.4 is 5.32 Å². The second-order valence-electron chi connectivity index (χ2n) is 5.45. The highest BCUT2D eigenvalue weighted by atomic mass is 19.3. The number of hydrogen-bond donors (Lipinski definition) is 1. The Kier molecular flexibility index (Phi) is 6.41. The summed E-state index contributed by atoms with van der Waals surface area (Å²) in [6.45, 7) is 10.0. The summed E-state index contributed by atoms with van der Waals surface area (Å²) >= 11 is 0. The van der Waals surface area contributed by atoms with Crippen molar-refractivity contribution < 1.29 is 13.5 Å². The molecule has 16 heavy (non-hydrogen) atoms. The molecule has 0 heterocycles. The van der Waals surface area contributed by atoms with E-state index >= 15 is 0 Å². The predicted molar refractivity (Wildman–Crippen MR) is 63.0 cm³/mol. The minimum Gasteiger partial charge on any atom is -0.379 e. The van der Waals surface area contributed by atoms with Gasteiger partial charge in [0.15, 0.2) is 0 Å². The third-order valence-corrected chi connectivity index (χ3v) is 2.07. The molecular formula is C12H25F2NO. The van der Waals surface area contributed by atoms with Crippen LogP contribution in [0.5, 0.6) is 0 Å². The molecular weight excluding hydrogens is 212 g/mol. The quantitative estimate of drug-likeness (QED) is 0.734. The van der Waals surface area contributed by atoms with Gasteiger partial charge in [-0.1, -0.05) is 0 Å². The second kappa shape index (κ2) is 6.50. The predicted octanol–water partition coefficient (Wildman–Crippen LogP) is 3.22. The maximum absolute atomic E-state index is 13.3. The number of alkyl halides is 2. The van der Waals surface area contributed by atoms with Gasteiger partial charge in [-0.15, -0.1) is 0 Å². The SMILES string of the molecule is CC(C)OCCC(F)(F)CCNC(C)(C)C. The lowest BCUT2D eigenvalue weighted by atomic mass is 10.1. The van der Waals surface area contributed by atoms with Gasteiger partial charge >= 0.3 is 0 Å². The maximum Gasteiger partial charge on any atom is 0.251 e. The van der Waals surface area contributed by atoms with Crippen molar-refractivity contribution in [2.24, 2.45) is 0 Å². The minimum absolute atomic E-state index is 0.0171. The molecule has 0 amide bonds. The van der Waals surface area contributed by atoms with Gasteiger partial charge in [0.1, 0.15) is 0 Å². The van der Waals surface area contributed by atoms with E-state index in [1.54, 1.807) is 0 Å². The molecule has 0 bridgehead atoms. The summed E-state index contributed by atoms with van der Waals surface area (Å²) in [6, 6.07) is 0. The van der Waals surface area contributed by atoms with Crippen LogP contribution in [0.2, 0.25) is 0 Å². The number of rotatable bonds is 7. The average molecular weight is 237 g/mol. The summed E-state index contributed by atoms with van der Waals surface area (Å²) in [5, 5.41) is 3.06. The summed E-state index contributed by atoms with van der Waals surface area (Å²) in [6.07, 6.45) is -0.313. The maximum atomic E-state index is 13.3. The lowest BCUT2D eigenvalue weighted by molar-refractivity contribution is -0.0480. The molecule has 0 saturated heterocycles. The fourth-order valence-electron chi connectivity index (χ4n) is 1.19. The Balaban J connectivity index is 3.70. The Labute approximate surface area is 97.7 Å². The number of ether oxygens (including phenoxy) is 1. The zero-order chi connectivity index (χ0) is 12.8. The Morgan fingerprint density at radius 1 is 1.12 bits per heavy atom. The summed E-state index contributed by atoms with van der Waals surface area (Å²) in [7, 11) is 0. The molecule has 0 aliphatic carbocycles. The van der Waals surface area contributed by atoms with Gasteiger partial charge in [-0.25, -0.2) is 8.78 Å². The summed E-state index contributed by atoms with van der Waals surface area (Å²) in [4.78, 5) is 0. The van der Waals surface area contributed by atoms with E-state index in [2.05, 4.69) is 5.32 Å². The first kappa shape index (κ1) is 15.8. The van der Waals surface area contributed by atoms with Gasteiger partial charge in [-0.05, 0) is 34.6 Å². The van der Waals surface area contributed by atoms with E-state index in [4.69, 9.17) is 4.74 Å². The summed E-state index contributed by atoms with van der Waals surface area (Å²) in [5.74, 6) is -2.63. The molecule has 0 saturated carbocycles. The molecule has 98 valence electrons. The monoisotopic (exact) mass is 237 g/mol. The lowest BCUT2D eigenvalue weighted by Crippen LogP contribution is -2.38. The molecule has 0 spiro atoms. The lowest BCUT2D eigenvalue weighted by Gasteiger charge is -2.23. The Bertz CT molecular complexity index is 188. The molecule has 0 aliphatic rings. The van der Waals surface area contributed by atoms with Crippen molar-refractivity contribution in [2.45, 2.75) is 65.0 Å². The van der Waals surface area contributed by atoms with Crippen LogP contribution >= 0.6 is 0 Å². The fraction of sp³-hybridized carbons (Fsp3) is 1.00. The van der Waals surface area contributed by atoms with Gasteiger partial charge in [0.25, 0.3) is 5.92 Å². The van der Waals surface area contributed by atoms with Crippen molar-refractivity contribution in [2.75, 3.05) is 13.2 Å². The van der Waals surface area contributed by atoms with E-state index in [1.165, 1.54) is 0 Å². The van der Waals surface area contributed by atoms with Crippen LogP contribution in [0.1, 0.15) is 47.5 Å². The molecule has 0 unspecified atom stereocenters. The zero-order valence-corrected chi connectivity index (χ0v) is 11.1. The van der Waals surface area contributed by atoms with E-state index < -0.39 is 5.92 Å². The first-order valence-corrected chi connectivity index (χ1v) is 5.87. The highest BCUT2D eigenvalue weighted by Crippen LogP contribution is 2.22. The normalized spacial score (nSPS) is 13.5. The Hall–Kier alpha value is -0.220. The van der Waals surface area contributed by atoms with Crippen molar-refractivity contribution in [3.8, 4) is 0 Å². The minimum atomic E-state index is -2.63. The zero-order valence-electron chi connectivity index (χ0n) is 11.1. The van der Waals surface area contributed by atoms with E-state index in [-0.39, 0.29) is 31.1 Å². The molecule has 0 fully saturated rings. The number of nitrogens with one attached hydrogen (secondary N) is 1. The van der Waals surface area contributed by atoms with E-state index in [1.807, 2.05) is 34.6 Å². The van der Waals surface area contributed by atoms with Crippen LogP contribution in [0.25, 0.3) is 0 Å². The van der Waals surface area contributed by atoms with Gasteiger partial charge in [-0.3, -0.25) is 0 Å². The van der Waals surface area contributed by atoms with E-state index in [0.29, 0.717) is 6.54 Å². The summed E-state index contributed by atoms with van der Waals surface area (Å²) < 4.78 is 31.8. The molecule has 2 nitrogen and oxygen atoms in total. The van der Waals surface area contributed by atoms with Gasteiger partial charge in [-0.2, -0.15) is 0 Å². The smallest absolute Gasteiger partial charge is 0.251 e. The Morgan fingerprint density at radius 2 is 1.69 bits per heavy atom. The molecule has 0 aliphatic heterocycles. The average Bonchev–Trinajstić information content (AvgIpc) is 1.99. The van der Waals surface area contributed by atoms with Crippen molar-refractivity contribution in [3.63, 3.8) is 0 Å². The van der Waals surface area contributed by atoms with Crippen LogP contribution in [0, 0.1) is 0 Å². The van der Waals surface area contributed by atoms with Crippen molar-refractivity contribution in [3.05, 3.63) is 0 Å². The summed E-state index contributed by atoms with van der Waals surface area (Å²) in [5.41, 5.74) is -0.107. The standard InChI is InChI=1S/C12H25F2NO/c1-10(2)16-9-7-12(13,14)6-8-15-11(3,4)5/h10,15H,6-9H2,1-5H3. The first-order valence-electron chi connectivity index (χ1n) is 5.87. The van der Waals surface area contributed by atoms with Gasteiger partial charge in [0, 0.05) is 24.9 Å². The topological polar surface area (TPSA) is 21.3 Å². The van der Waals surface area contributed by atoms with Crippen LogP contribution in [-0.2, 0) is 4.74 Å². The van der Waals surface area contributed by atoms with Crippen LogP contribution in [0.3, 0.4) is 0 Å².